The molecule has 2 aliphatic heterocycles. The number of benzene rings is 3. The van der Waals surface area contributed by atoms with Gasteiger partial charge in [0.05, 0.1) is 25.3 Å². The molecule has 38 heavy (non-hydrogen) atoms. The van der Waals surface area contributed by atoms with Gasteiger partial charge in [-0.2, -0.15) is 0 Å². The summed E-state index contributed by atoms with van der Waals surface area (Å²) in [6.07, 6.45) is 4.66. The second-order valence-corrected chi connectivity index (χ2v) is 9.78. The van der Waals surface area contributed by atoms with Crippen LogP contribution in [0.3, 0.4) is 0 Å². The van der Waals surface area contributed by atoms with Crippen molar-refractivity contribution in [3.8, 4) is 23.0 Å². The molecular weight excluding hydrogens is 480 g/mol. The van der Waals surface area contributed by atoms with Gasteiger partial charge in [0.2, 0.25) is 5.78 Å². The van der Waals surface area contributed by atoms with Crippen molar-refractivity contribution in [2.24, 2.45) is 7.05 Å². The topological polar surface area (TPSA) is 62.2 Å². The van der Waals surface area contributed by atoms with Crippen LogP contribution in [0.2, 0.25) is 0 Å². The molecule has 7 nitrogen and oxygen atoms in total. The van der Waals surface area contributed by atoms with Crippen LogP contribution in [0.25, 0.3) is 17.0 Å². The number of carbonyl (C=O) groups is 1. The van der Waals surface area contributed by atoms with Gasteiger partial charge in [-0.25, -0.2) is 0 Å². The lowest BCUT2D eigenvalue weighted by Crippen LogP contribution is -2.34. The fourth-order valence-corrected chi connectivity index (χ4v) is 5.39. The standard InChI is InChI=1S/C31H30N2O5/c1-19-13-27-24(17-33(18-37-27)12-11-20-7-5-6-8-26(20)36-4)31-29(19)30(34)28(38-31)14-21-16-32(2)25-10-9-22(35-3)15-23(21)25/h5-10,13-16H,11-12,17-18H2,1-4H3/b28-14-. The molecule has 3 heterocycles. The van der Waals surface area contributed by atoms with Crippen LogP contribution in [0, 0.1) is 6.92 Å². The maximum absolute atomic E-state index is 13.5. The Kier molecular flexibility index (Phi) is 6.08. The molecule has 0 radical (unpaired) electrons. The van der Waals surface area contributed by atoms with Crippen LogP contribution < -0.4 is 18.9 Å². The molecule has 6 rings (SSSR count). The van der Waals surface area contributed by atoms with Gasteiger partial charge < -0.3 is 23.5 Å². The summed E-state index contributed by atoms with van der Waals surface area (Å²) in [5, 5.41) is 0.997. The number of ketones is 1. The minimum Gasteiger partial charge on any atom is -0.497 e. The number of Topliss-reactive ketones (excluding diaryl/α,β-unsaturated/α-hetero) is 1. The Balaban J connectivity index is 1.30. The van der Waals surface area contributed by atoms with Gasteiger partial charge in [-0.1, -0.05) is 18.2 Å². The van der Waals surface area contributed by atoms with E-state index in [1.165, 1.54) is 0 Å². The highest BCUT2D eigenvalue weighted by Crippen LogP contribution is 2.44. The molecule has 0 unspecified atom stereocenters. The van der Waals surface area contributed by atoms with Crippen LogP contribution in [-0.2, 0) is 20.0 Å². The molecule has 0 atom stereocenters. The number of para-hydroxylation sites is 1. The van der Waals surface area contributed by atoms with Crippen LogP contribution in [0.1, 0.15) is 32.6 Å². The van der Waals surface area contributed by atoms with Crippen molar-refractivity contribution in [2.45, 2.75) is 19.9 Å². The average Bonchev–Trinajstić information content (AvgIpc) is 3.43. The monoisotopic (exact) mass is 510 g/mol. The highest BCUT2D eigenvalue weighted by atomic mass is 16.5. The minimum absolute atomic E-state index is 0.105. The molecule has 0 amide bonds. The lowest BCUT2D eigenvalue weighted by Gasteiger charge is -2.30. The molecule has 0 saturated heterocycles. The van der Waals surface area contributed by atoms with Gasteiger partial charge >= 0.3 is 0 Å². The number of fused-ring (bicyclic) bond motifs is 4. The summed E-state index contributed by atoms with van der Waals surface area (Å²) < 4.78 is 25.4. The van der Waals surface area contributed by atoms with Gasteiger partial charge in [0, 0.05) is 42.8 Å². The third-order valence-electron chi connectivity index (χ3n) is 7.39. The molecule has 4 aromatic rings. The molecule has 7 heteroatoms. The Labute approximate surface area is 221 Å². The molecule has 0 bridgehead atoms. The van der Waals surface area contributed by atoms with E-state index in [-0.39, 0.29) is 5.78 Å². The van der Waals surface area contributed by atoms with Gasteiger partial charge in [0.25, 0.3) is 0 Å². The first kappa shape index (κ1) is 24.1. The van der Waals surface area contributed by atoms with Crippen molar-refractivity contribution in [3.63, 3.8) is 0 Å². The number of nitrogens with zero attached hydrogens (tertiary/aromatic N) is 2. The zero-order valence-corrected chi connectivity index (χ0v) is 22.0. The molecule has 0 fully saturated rings. The molecule has 0 N–H and O–H groups in total. The zero-order valence-electron chi connectivity index (χ0n) is 22.0. The predicted octanol–water partition coefficient (Wildman–Crippen LogP) is 5.51. The summed E-state index contributed by atoms with van der Waals surface area (Å²) in [6, 6.07) is 15.9. The summed E-state index contributed by atoms with van der Waals surface area (Å²) in [7, 11) is 5.33. The van der Waals surface area contributed by atoms with Crippen LogP contribution in [0.15, 0.2) is 60.5 Å². The van der Waals surface area contributed by atoms with Gasteiger partial charge in [-0.05, 0) is 60.9 Å². The fourth-order valence-electron chi connectivity index (χ4n) is 5.39. The van der Waals surface area contributed by atoms with Gasteiger partial charge in [0.1, 0.15) is 29.7 Å². The highest BCUT2D eigenvalue weighted by molar-refractivity contribution is 6.16. The summed E-state index contributed by atoms with van der Waals surface area (Å²) >= 11 is 0. The maximum atomic E-state index is 13.5. The Morgan fingerprint density at radius 1 is 1.08 bits per heavy atom. The van der Waals surface area contributed by atoms with Crippen LogP contribution in [-0.4, -0.2) is 42.7 Å². The zero-order chi connectivity index (χ0) is 26.4. The quantitative estimate of drug-likeness (QED) is 0.319. The molecule has 0 spiro atoms. The van der Waals surface area contributed by atoms with E-state index < -0.39 is 0 Å². The second-order valence-electron chi connectivity index (χ2n) is 9.78. The SMILES string of the molecule is COc1ccc2c(c1)c(/C=C1\Oc3c4c(cc(C)c3C1=O)OCN(CCc1ccccc1OC)C4)cn2C. The largest absolute Gasteiger partial charge is 0.497 e. The van der Waals surface area contributed by atoms with Crippen molar-refractivity contribution in [1.29, 1.82) is 0 Å². The van der Waals surface area contributed by atoms with E-state index in [2.05, 4.69) is 11.0 Å². The summed E-state index contributed by atoms with van der Waals surface area (Å²) in [5.74, 6) is 3.25. The average molecular weight is 511 g/mol. The van der Waals surface area contributed by atoms with Crippen LogP contribution >= 0.6 is 0 Å². The number of methoxy groups -OCH3 is 2. The molecular formula is C31H30N2O5. The van der Waals surface area contributed by atoms with E-state index in [1.807, 2.05) is 73.3 Å². The fraction of sp³-hybridized carbons (Fsp3) is 0.258. The number of aromatic nitrogens is 1. The second kappa shape index (κ2) is 9.58. The Bertz CT molecular complexity index is 1600. The van der Waals surface area contributed by atoms with Crippen LogP contribution in [0.5, 0.6) is 23.0 Å². The number of carbonyl (C=O) groups excluding carboxylic acids is 1. The number of ether oxygens (including phenoxy) is 4. The number of hydrogen-bond donors (Lipinski definition) is 0. The third-order valence-corrected chi connectivity index (χ3v) is 7.39. The smallest absolute Gasteiger partial charge is 0.232 e. The van der Waals surface area contributed by atoms with Crippen molar-refractivity contribution in [1.82, 2.24) is 9.47 Å². The Morgan fingerprint density at radius 2 is 1.92 bits per heavy atom. The van der Waals surface area contributed by atoms with Gasteiger partial charge in [-0.3, -0.25) is 9.69 Å². The van der Waals surface area contributed by atoms with E-state index >= 15 is 0 Å². The van der Waals surface area contributed by atoms with E-state index in [0.717, 1.165) is 63.4 Å². The van der Waals surface area contributed by atoms with Crippen molar-refractivity contribution < 1.29 is 23.7 Å². The van der Waals surface area contributed by atoms with Crippen molar-refractivity contribution in [3.05, 3.63) is 88.3 Å². The normalized spacial score (nSPS) is 15.8. The van der Waals surface area contributed by atoms with E-state index in [0.29, 0.717) is 30.3 Å². The van der Waals surface area contributed by atoms with E-state index in [9.17, 15) is 4.79 Å². The van der Waals surface area contributed by atoms with E-state index in [4.69, 9.17) is 18.9 Å². The van der Waals surface area contributed by atoms with Crippen molar-refractivity contribution >= 4 is 22.8 Å². The molecule has 3 aromatic carbocycles. The maximum Gasteiger partial charge on any atom is 0.232 e. The Hall–Kier alpha value is -4.23. The molecule has 194 valence electrons. The predicted molar refractivity (Wildman–Crippen MR) is 146 cm³/mol. The Morgan fingerprint density at radius 3 is 2.74 bits per heavy atom. The van der Waals surface area contributed by atoms with E-state index in [1.54, 1.807) is 14.2 Å². The first-order chi connectivity index (χ1) is 18.5. The molecule has 1 aromatic heterocycles. The summed E-state index contributed by atoms with van der Waals surface area (Å²) in [4.78, 5) is 15.8. The number of allylic oxidation sites excluding steroid dienone is 1. The number of hydrogen-bond acceptors (Lipinski definition) is 6. The van der Waals surface area contributed by atoms with Crippen molar-refractivity contribution in [2.75, 3.05) is 27.5 Å². The highest BCUT2D eigenvalue weighted by Gasteiger charge is 2.35. The summed E-state index contributed by atoms with van der Waals surface area (Å²) in [5.41, 5.74) is 5.48. The minimum atomic E-state index is -0.105. The molecule has 2 aliphatic rings. The van der Waals surface area contributed by atoms with Gasteiger partial charge in [0.15, 0.2) is 5.76 Å². The molecule has 0 aliphatic carbocycles. The first-order valence-electron chi connectivity index (χ1n) is 12.7. The van der Waals surface area contributed by atoms with Crippen LogP contribution in [0.4, 0.5) is 0 Å². The number of aryl methyl sites for hydroxylation is 2. The third kappa shape index (κ3) is 4.09. The lowest BCUT2D eigenvalue weighted by atomic mass is 9.98. The number of rotatable bonds is 6. The lowest BCUT2D eigenvalue weighted by molar-refractivity contribution is 0.0947. The summed E-state index contributed by atoms with van der Waals surface area (Å²) in [6.45, 7) is 3.84. The van der Waals surface area contributed by atoms with Gasteiger partial charge in [-0.15, -0.1) is 0 Å². The first-order valence-corrected chi connectivity index (χ1v) is 12.7. The molecule has 0 saturated carbocycles.